The predicted molar refractivity (Wildman–Crippen MR) is 26.4 cm³/mol. The summed E-state index contributed by atoms with van der Waals surface area (Å²) in [6.45, 7) is 8.75. The minimum atomic E-state index is 0. The fraction of sp³-hybridized carbons (Fsp3) is 0.500. The van der Waals surface area contributed by atoms with Crippen molar-refractivity contribution >= 4 is 12.4 Å². The summed E-state index contributed by atoms with van der Waals surface area (Å²) >= 11 is 0. The minimum absolute atomic E-state index is 0. The molecule has 1 radical (unpaired) electrons. The zero-order valence-electron chi connectivity index (χ0n) is 3.86. The third-order valence-corrected chi connectivity index (χ3v) is 0. The molecule has 2 heteroatoms. The summed E-state index contributed by atoms with van der Waals surface area (Å²) in [6, 6.07) is 0. The van der Waals surface area contributed by atoms with Crippen LogP contribution in [0.15, 0.2) is 5.57 Å². The first-order chi connectivity index (χ1) is 1.73. The molecule has 0 unspecified atom stereocenters. The summed E-state index contributed by atoms with van der Waals surface area (Å²) < 4.78 is 0. The summed E-state index contributed by atoms with van der Waals surface area (Å²) in [5.74, 6) is 0. The average molecular weight is 146 g/mol. The standard InChI is InChI=1S/C4H7.ClH.Mn/c1-4(2)3;;/h1H,2-3H3;1H;/q-1;;. The van der Waals surface area contributed by atoms with Crippen molar-refractivity contribution in [2.45, 2.75) is 13.8 Å². The predicted octanol–water partition coefficient (Wildman–Crippen LogP) is 1.80. The fourth-order valence-electron chi connectivity index (χ4n) is 0. The molecule has 0 rings (SSSR count). The molecule has 39 valence electrons. The van der Waals surface area contributed by atoms with E-state index < -0.39 is 0 Å². The van der Waals surface area contributed by atoms with Gasteiger partial charge in [-0.2, -0.15) is 0 Å². The van der Waals surface area contributed by atoms with Crippen LogP contribution in [0.2, 0.25) is 0 Å². The second-order valence-electron chi connectivity index (χ2n) is 1.08. The molecule has 0 aromatic heterocycles. The van der Waals surface area contributed by atoms with Crippen molar-refractivity contribution in [1.82, 2.24) is 0 Å². The summed E-state index contributed by atoms with van der Waals surface area (Å²) in [4.78, 5) is 0. The number of hydrogen-bond acceptors (Lipinski definition) is 0. The van der Waals surface area contributed by atoms with Gasteiger partial charge in [-0.15, -0.1) is 12.4 Å². The maximum atomic E-state index is 5.03. The Balaban J connectivity index is -0.0000000450. The topological polar surface area (TPSA) is 0 Å². The van der Waals surface area contributed by atoms with Gasteiger partial charge < -0.3 is 6.58 Å². The van der Waals surface area contributed by atoms with Crippen molar-refractivity contribution in [2.24, 2.45) is 0 Å². The van der Waals surface area contributed by atoms with E-state index in [2.05, 4.69) is 0 Å². The van der Waals surface area contributed by atoms with Gasteiger partial charge in [-0.25, -0.2) is 0 Å². The van der Waals surface area contributed by atoms with Crippen molar-refractivity contribution in [3.63, 3.8) is 0 Å². The van der Waals surface area contributed by atoms with E-state index in [9.17, 15) is 0 Å². The zero-order valence-corrected chi connectivity index (χ0v) is 5.86. The largest absolute Gasteiger partial charge is 0.515 e. The van der Waals surface area contributed by atoms with Gasteiger partial charge in [-0.05, 0) is 0 Å². The molecule has 0 amide bonds. The monoisotopic (exact) mass is 146 g/mol. The van der Waals surface area contributed by atoms with Crippen molar-refractivity contribution in [2.75, 3.05) is 0 Å². The molecule has 0 N–H and O–H groups in total. The van der Waals surface area contributed by atoms with E-state index in [-0.39, 0.29) is 29.5 Å². The van der Waals surface area contributed by atoms with Gasteiger partial charge in [0.2, 0.25) is 0 Å². The first-order valence-corrected chi connectivity index (χ1v) is 1.29. The molecule has 0 aromatic carbocycles. The number of allylic oxidation sites excluding steroid dienone is 1. The van der Waals surface area contributed by atoms with Gasteiger partial charge in [0.1, 0.15) is 0 Å². The molecule has 0 saturated carbocycles. The van der Waals surface area contributed by atoms with Crippen LogP contribution < -0.4 is 0 Å². The number of halogens is 1. The van der Waals surface area contributed by atoms with E-state index in [1.54, 1.807) is 0 Å². The molecule has 0 aliphatic rings. The second kappa shape index (κ2) is 9.12. The van der Waals surface area contributed by atoms with Crippen molar-refractivity contribution in [3.8, 4) is 0 Å². The third-order valence-electron chi connectivity index (χ3n) is 0. The van der Waals surface area contributed by atoms with Gasteiger partial charge in [0.05, 0.1) is 0 Å². The van der Waals surface area contributed by atoms with Crippen LogP contribution in [0.4, 0.5) is 0 Å². The minimum Gasteiger partial charge on any atom is -0.515 e. The second-order valence-corrected chi connectivity index (χ2v) is 1.08. The molecular formula is C4H8ClMn-. The summed E-state index contributed by atoms with van der Waals surface area (Å²) in [5.41, 5.74) is 0.917. The van der Waals surface area contributed by atoms with Crippen molar-refractivity contribution in [1.29, 1.82) is 0 Å². The summed E-state index contributed by atoms with van der Waals surface area (Å²) in [6.07, 6.45) is 0. The molecule has 0 aliphatic carbocycles. The van der Waals surface area contributed by atoms with Crippen LogP contribution in [-0.4, -0.2) is 0 Å². The number of rotatable bonds is 0. The van der Waals surface area contributed by atoms with Crippen LogP contribution in [-0.2, 0) is 17.1 Å². The molecule has 0 heterocycles. The molecule has 0 fully saturated rings. The Hall–Kier alpha value is 0.549. The molecule has 0 aromatic rings. The normalized spacial score (nSPS) is 4.33. The molecule has 6 heavy (non-hydrogen) atoms. The Morgan fingerprint density at radius 2 is 1.33 bits per heavy atom. The van der Waals surface area contributed by atoms with Crippen LogP contribution in [0.25, 0.3) is 0 Å². The molecule has 0 saturated heterocycles. The molecule has 0 bridgehead atoms. The summed E-state index contributed by atoms with van der Waals surface area (Å²) in [5, 5.41) is 0. The van der Waals surface area contributed by atoms with Gasteiger partial charge in [-0.3, -0.25) is 5.57 Å². The van der Waals surface area contributed by atoms with E-state index in [1.807, 2.05) is 13.8 Å². The van der Waals surface area contributed by atoms with Gasteiger partial charge in [-0.1, -0.05) is 13.8 Å². The SMILES string of the molecule is Cl.[CH-]=C(C)C.[Mn]. The smallest absolute Gasteiger partial charge is 0 e. The zero-order chi connectivity index (χ0) is 3.58. The van der Waals surface area contributed by atoms with Gasteiger partial charge in [0, 0.05) is 17.1 Å². The van der Waals surface area contributed by atoms with Crippen LogP contribution in [0.3, 0.4) is 0 Å². The fourth-order valence-corrected chi connectivity index (χ4v) is 0. The Morgan fingerprint density at radius 1 is 1.33 bits per heavy atom. The first kappa shape index (κ1) is 16.0. The Labute approximate surface area is 55.9 Å². The van der Waals surface area contributed by atoms with Crippen molar-refractivity contribution < 1.29 is 17.1 Å². The van der Waals surface area contributed by atoms with Gasteiger partial charge >= 0.3 is 0 Å². The van der Waals surface area contributed by atoms with E-state index in [0.29, 0.717) is 0 Å². The van der Waals surface area contributed by atoms with Crippen LogP contribution >= 0.6 is 12.4 Å². The molecule has 0 aliphatic heterocycles. The van der Waals surface area contributed by atoms with E-state index in [0.717, 1.165) is 5.57 Å². The molecular weight excluding hydrogens is 138 g/mol. The Bertz CT molecular complexity index is 30.5. The Kier molecular flexibility index (Phi) is 24.3. The summed E-state index contributed by atoms with van der Waals surface area (Å²) in [7, 11) is 0. The van der Waals surface area contributed by atoms with E-state index in [1.165, 1.54) is 0 Å². The van der Waals surface area contributed by atoms with E-state index >= 15 is 0 Å². The van der Waals surface area contributed by atoms with Gasteiger partial charge in [0.25, 0.3) is 0 Å². The molecule has 0 spiro atoms. The maximum Gasteiger partial charge on any atom is 0 e. The van der Waals surface area contributed by atoms with Gasteiger partial charge in [0.15, 0.2) is 0 Å². The third kappa shape index (κ3) is 190. The van der Waals surface area contributed by atoms with Crippen LogP contribution in [0, 0.1) is 6.58 Å². The van der Waals surface area contributed by atoms with Crippen LogP contribution in [0.1, 0.15) is 13.8 Å². The van der Waals surface area contributed by atoms with Crippen molar-refractivity contribution in [3.05, 3.63) is 12.2 Å². The Morgan fingerprint density at radius 3 is 1.33 bits per heavy atom. The van der Waals surface area contributed by atoms with Crippen LogP contribution in [0.5, 0.6) is 0 Å². The first-order valence-electron chi connectivity index (χ1n) is 1.29. The quantitative estimate of drug-likeness (QED) is 0.361. The number of hydrogen-bond donors (Lipinski definition) is 0. The maximum absolute atomic E-state index is 5.03. The molecule has 0 nitrogen and oxygen atoms in total. The van der Waals surface area contributed by atoms with E-state index in [4.69, 9.17) is 6.58 Å². The molecule has 0 atom stereocenters. The average Bonchev–Trinajstić information content (AvgIpc) is 0.811.